The SMILES string of the molecule is Cc1ccc(N(C)C)c(C(N)CCC(=O)O)c1. The van der Waals surface area contributed by atoms with Crippen molar-refractivity contribution in [3.05, 3.63) is 29.3 Å². The number of carbonyl (C=O) groups is 1. The monoisotopic (exact) mass is 236 g/mol. The van der Waals surface area contributed by atoms with Crippen LogP contribution in [0.25, 0.3) is 0 Å². The lowest BCUT2D eigenvalue weighted by molar-refractivity contribution is -0.137. The van der Waals surface area contributed by atoms with E-state index in [1.807, 2.05) is 44.1 Å². The molecule has 17 heavy (non-hydrogen) atoms. The summed E-state index contributed by atoms with van der Waals surface area (Å²) in [5.74, 6) is -0.806. The molecule has 0 amide bonds. The number of carboxylic acids is 1. The largest absolute Gasteiger partial charge is 0.481 e. The van der Waals surface area contributed by atoms with Gasteiger partial charge < -0.3 is 15.7 Å². The number of nitrogens with two attached hydrogens (primary N) is 1. The fourth-order valence-corrected chi connectivity index (χ4v) is 1.81. The highest BCUT2D eigenvalue weighted by molar-refractivity contribution is 5.67. The van der Waals surface area contributed by atoms with Crippen LogP contribution in [0.1, 0.15) is 30.0 Å². The summed E-state index contributed by atoms with van der Waals surface area (Å²) in [6.45, 7) is 2.01. The van der Waals surface area contributed by atoms with Crippen molar-refractivity contribution in [3.63, 3.8) is 0 Å². The van der Waals surface area contributed by atoms with Crippen LogP contribution in [0.15, 0.2) is 18.2 Å². The average molecular weight is 236 g/mol. The van der Waals surface area contributed by atoms with Crippen molar-refractivity contribution in [2.45, 2.75) is 25.8 Å². The minimum atomic E-state index is -0.806. The van der Waals surface area contributed by atoms with E-state index in [4.69, 9.17) is 10.8 Å². The Balaban J connectivity index is 2.93. The first-order valence-corrected chi connectivity index (χ1v) is 5.67. The zero-order valence-corrected chi connectivity index (χ0v) is 10.6. The number of benzene rings is 1. The summed E-state index contributed by atoms with van der Waals surface area (Å²) in [7, 11) is 3.91. The number of carboxylic acid groups (broad SMARTS) is 1. The zero-order valence-electron chi connectivity index (χ0n) is 10.6. The molecule has 0 spiro atoms. The predicted molar refractivity (Wildman–Crippen MR) is 69.3 cm³/mol. The quantitative estimate of drug-likeness (QED) is 0.819. The first kappa shape index (κ1) is 13.5. The molecular weight excluding hydrogens is 216 g/mol. The summed E-state index contributed by atoms with van der Waals surface area (Å²) in [4.78, 5) is 12.6. The number of aliphatic carboxylic acids is 1. The van der Waals surface area contributed by atoms with E-state index in [1.165, 1.54) is 0 Å². The van der Waals surface area contributed by atoms with Crippen molar-refractivity contribution in [2.24, 2.45) is 5.73 Å². The maximum absolute atomic E-state index is 10.6. The molecule has 1 unspecified atom stereocenters. The van der Waals surface area contributed by atoms with E-state index >= 15 is 0 Å². The van der Waals surface area contributed by atoms with E-state index in [-0.39, 0.29) is 12.5 Å². The summed E-state index contributed by atoms with van der Waals surface area (Å²) in [6, 6.07) is 5.85. The molecule has 4 nitrogen and oxygen atoms in total. The summed E-state index contributed by atoms with van der Waals surface area (Å²) >= 11 is 0. The van der Waals surface area contributed by atoms with Crippen LogP contribution in [0.2, 0.25) is 0 Å². The van der Waals surface area contributed by atoms with Gasteiger partial charge in [0.1, 0.15) is 0 Å². The normalized spacial score (nSPS) is 12.2. The van der Waals surface area contributed by atoms with Crippen molar-refractivity contribution in [1.82, 2.24) is 0 Å². The third-order valence-corrected chi connectivity index (χ3v) is 2.73. The van der Waals surface area contributed by atoms with E-state index in [2.05, 4.69) is 0 Å². The summed E-state index contributed by atoms with van der Waals surface area (Å²) < 4.78 is 0. The number of nitrogens with zero attached hydrogens (tertiary/aromatic N) is 1. The molecule has 3 N–H and O–H groups in total. The number of hydrogen-bond acceptors (Lipinski definition) is 3. The van der Waals surface area contributed by atoms with Crippen LogP contribution in [0.5, 0.6) is 0 Å². The van der Waals surface area contributed by atoms with Gasteiger partial charge >= 0.3 is 5.97 Å². The van der Waals surface area contributed by atoms with Gasteiger partial charge in [0.05, 0.1) is 0 Å². The van der Waals surface area contributed by atoms with Crippen molar-refractivity contribution < 1.29 is 9.90 Å². The Labute approximate surface area is 102 Å². The number of anilines is 1. The van der Waals surface area contributed by atoms with Crippen LogP contribution < -0.4 is 10.6 Å². The van der Waals surface area contributed by atoms with Gasteiger partial charge in [-0.25, -0.2) is 0 Å². The Hall–Kier alpha value is -1.55. The average Bonchev–Trinajstić information content (AvgIpc) is 2.25. The minimum Gasteiger partial charge on any atom is -0.481 e. The third-order valence-electron chi connectivity index (χ3n) is 2.73. The van der Waals surface area contributed by atoms with Gasteiger partial charge in [-0.05, 0) is 25.0 Å². The molecule has 0 heterocycles. The molecule has 1 rings (SSSR count). The lowest BCUT2D eigenvalue weighted by Gasteiger charge is -2.22. The Kier molecular flexibility index (Phi) is 4.52. The standard InChI is InChI=1S/C13H20N2O2/c1-9-4-6-12(15(2)3)10(8-9)11(14)5-7-13(16)17/h4,6,8,11H,5,7,14H2,1-3H3,(H,16,17). The van der Waals surface area contributed by atoms with Crippen LogP contribution in [0.4, 0.5) is 5.69 Å². The fourth-order valence-electron chi connectivity index (χ4n) is 1.81. The zero-order chi connectivity index (χ0) is 13.0. The Morgan fingerprint density at radius 1 is 1.47 bits per heavy atom. The van der Waals surface area contributed by atoms with Gasteiger partial charge in [0, 0.05) is 32.2 Å². The highest BCUT2D eigenvalue weighted by Crippen LogP contribution is 2.27. The molecule has 0 radical (unpaired) electrons. The van der Waals surface area contributed by atoms with Crippen LogP contribution in [0, 0.1) is 6.92 Å². The van der Waals surface area contributed by atoms with E-state index in [0.29, 0.717) is 6.42 Å². The molecule has 0 aliphatic heterocycles. The van der Waals surface area contributed by atoms with Crippen LogP contribution in [-0.2, 0) is 4.79 Å². The van der Waals surface area contributed by atoms with Gasteiger partial charge in [0.25, 0.3) is 0 Å². The smallest absolute Gasteiger partial charge is 0.303 e. The second-order valence-corrected chi connectivity index (χ2v) is 4.50. The van der Waals surface area contributed by atoms with Crippen molar-refractivity contribution in [2.75, 3.05) is 19.0 Å². The molecule has 1 aromatic carbocycles. The molecule has 0 saturated heterocycles. The number of aryl methyl sites for hydroxylation is 1. The van der Waals surface area contributed by atoms with Gasteiger partial charge in [-0.2, -0.15) is 0 Å². The molecule has 1 atom stereocenters. The van der Waals surface area contributed by atoms with Crippen molar-refractivity contribution >= 4 is 11.7 Å². The first-order chi connectivity index (χ1) is 7.91. The lowest BCUT2D eigenvalue weighted by atomic mass is 9.98. The molecule has 0 saturated carbocycles. The molecule has 0 bridgehead atoms. The van der Waals surface area contributed by atoms with Crippen molar-refractivity contribution in [3.8, 4) is 0 Å². The number of rotatable bonds is 5. The maximum atomic E-state index is 10.6. The molecule has 0 aromatic heterocycles. The molecule has 1 aromatic rings. The Bertz CT molecular complexity index is 402. The second kappa shape index (κ2) is 5.68. The topological polar surface area (TPSA) is 66.6 Å². The van der Waals surface area contributed by atoms with Gasteiger partial charge in [-0.1, -0.05) is 17.7 Å². The van der Waals surface area contributed by atoms with E-state index in [0.717, 1.165) is 16.8 Å². The lowest BCUT2D eigenvalue weighted by Crippen LogP contribution is -2.18. The second-order valence-electron chi connectivity index (χ2n) is 4.50. The third kappa shape index (κ3) is 3.75. The van der Waals surface area contributed by atoms with E-state index in [9.17, 15) is 4.79 Å². The molecular formula is C13H20N2O2. The Morgan fingerprint density at radius 2 is 2.12 bits per heavy atom. The molecule has 0 aliphatic rings. The van der Waals surface area contributed by atoms with E-state index in [1.54, 1.807) is 0 Å². The van der Waals surface area contributed by atoms with E-state index < -0.39 is 5.97 Å². The molecule has 4 heteroatoms. The first-order valence-electron chi connectivity index (χ1n) is 5.67. The highest BCUT2D eigenvalue weighted by Gasteiger charge is 2.14. The fraction of sp³-hybridized carbons (Fsp3) is 0.462. The maximum Gasteiger partial charge on any atom is 0.303 e. The molecule has 0 aliphatic carbocycles. The summed E-state index contributed by atoms with van der Waals surface area (Å²) in [5.41, 5.74) is 9.26. The van der Waals surface area contributed by atoms with Gasteiger partial charge in [0.15, 0.2) is 0 Å². The van der Waals surface area contributed by atoms with Crippen LogP contribution in [0.3, 0.4) is 0 Å². The minimum absolute atomic E-state index is 0.0992. The highest BCUT2D eigenvalue weighted by atomic mass is 16.4. The van der Waals surface area contributed by atoms with Gasteiger partial charge in [0.2, 0.25) is 0 Å². The van der Waals surface area contributed by atoms with Crippen LogP contribution >= 0.6 is 0 Å². The van der Waals surface area contributed by atoms with Gasteiger partial charge in [-0.3, -0.25) is 4.79 Å². The van der Waals surface area contributed by atoms with Gasteiger partial charge in [-0.15, -0.1) is 0 Å². The molecule has 94 valence electrons. The summed E-state index contributed by atoms with van der Waals surface area (Å²) in [6.07, 6.45) is 0.557. The van der Waals surface area contributed by atoms with Crippen molar-refractivity contribution in [1.29, 1.82) is 0 Å². The predicted octanol–water partition coefficient (Wildman–Crippen LogP) is 1.93. The molecule has 0 fully saturated rings. The summed E-state index contributed by atoms with van der Waals surface area (Å²) in [5, 5.41) is 8.68. The number of hydrogen-bond donors (Lipinski definition) is 2. The Morgan fingerprint density at radius 3 is 2.65 bits per heavy atom. The van der Waals surface area contributed by atoms with Crippen LogP contribution in [-0.4, -0.2) is 25.2 Å².